The number of ether oxygens (including phenoxy) is 2. The van der Waals surface area contributed by atoms with E-state index in [1.165, 1.54) is 6.07 Å². The van der Waals surface area contributed by atoms with E-state index in [1.54, 1.807) is 24.8 Å². The van der Waals surface area contributed by atoms with Gasteiger partial charge in [-0.05, 0) is 108 Å². The topological polar surface area (TPSA) is 147 Å². The molecule has 4 aliphatic rings. The van der Waals surface area contributed by atoms with Crippen LogP contribution in [0.2, 0.25) is 10.0 Å². The first-order valence-corrected chi connectivity index (χ1v) is 22.1. The number of anilines is 4. The zero-order chi connectivity index (χ0) is 43.5. The average Bonchev–Trinajstić information content (AvgIpc) is 3.92. The molecule has 322 valence electrons. The van der Waals surface area contributed by atoms with E-state index in [9.17, 15) is 9.50 Å². The van der Waals surface area contributed by atoms with E-state index in [-0.39, 0.29) is 18.2 Å². The van der Waals surface area contributed by atoms with Gasteiger partial charge in [0.1, 0.15) is 35.6 Å². The second-order valence-corrected chi connectivity index (χ2v) is 17.4. The fourth-order valence-corrected chi connectivity index (χ4v) is 9.62. The molecule has 3 aromatic heterocycles. The average molecular weight is 895 g/mol. The third-order valence-corrected chi connectivity index (χ3v) is 13.1. The molecule has 7 aromatic rings. The molecule has 1 saturated heterocycles. The number of aromatic nitrogens is 4. The van der Waals surface area contributed by atoms with Crippen LogP contribution in [0.1, 0.15) is 39.5 Å². The van der Waals surface area contributed by atoms with Crippen LogP contribution in [0, 0.1) is 5.82 Å². The van der Waals surface area contributed by atoms with Gasteiger partial charge in [-0.3, -0.25) is 9.97 Å². The van der Waals surface area contributed by atoms with Crippen LogP contribution in [-0.2, 0) is 34.3 Å². The third kappa shape index (κ3) is 7.31. The van der Waals surface area contributed by atoms with Gasteiger partial charge in [0.15, 0.2) is 0 Å². The predicted octanol–water partition coefficient (Wildman–Crippen LogP) is 8.56. The first-order valence-electron chi connectivity index (χ1n) is 21.3. The maximum absolute atomic E-state index is 14.8. The van der Waals surface area contributed by atoms with Gasteiger partial charge >= 0.3 is 0 Å². The molecule has 1 fully saturated rings. The van der Waals surface area contributed by atoms with Gasteiger partial charge in [0.2, 0.25) is 0 Å². The highest BCUT2D eigenvalue weighted by atomic mass is 35.5. The van der Waals surface area contributed by atoms with Crippen molar-refractivity contribution in [2.75, 3.05) is 61.2 Å². The molecular weight excluding hydrogens is 853 g/mol. The number of rotatable bonds is 10. The van der Waals surface area contributed by atoms with Crippen LogP contribution in [0.15, 0.2) is 109 Å². The molecular formula is C49H42Cl2FN9O3. The number of aliphatic hydroxyl groups is 1. The number of amidine groups is 1. The highest BCUT2D eigenvalue weighted by molar-refractivity contribution is 6.31. The Labute approximate surface area is 378 Å². The van der Waals surface area contributed by atoms with E-state index in [0.29, 0.717) is 49.9 Å². The lowest BCUT2D eigenvalue weighted by molar-refractivity contribution is -0.184. The molecule has 0 radical (unpaired) electrons. The molecule has 4 N–H and O–H groups in total. The molecule has 0 saturated carbocycles. The Morgan fingerprint density at radius 2 is 1.66 bits per heavy atom. The smallest absolute Gasteiger partial charge is 0.147 e. The Bertz CT molecular complexity index is 3020. The van der Waals surface area contributed by atoms with Gasteiger partial charge in [-0.1, -0.05) is 35.3 Å². The minimum atomic E-state index is -1.06. The van der Waals surface area contributed by atoms with Crippen molar-refractivity contribution in [3.63, 3.8) is 0 Å². The van der Waals surface area contributed by atoms with Crippen LogP contribution in [0.4, 0.5) is 27.3 Å². The van der Waals surface area contributed by atoms with E-state index in [1.807, 2.05) is 42.7 Å². The van der Waals surface area contributed by atoms with Crippen molar-refractivity contribution in [2.24, 2.45) is 10.7 Å². The lowest BCUT2D eigenvalue weighted by Gasteiger charge is -2.36. The normalized spacial score (nSPS) is 17.1. The fraction of sp³-hybridized carbons (Fsp3) is 0.245. The molecule has 0 aliphatic carbocycles. The first-order chi connectivity index (χ1) is 31.2. The van der Waals surface area contributed by atoms with Crippen molar-refractivity contribution in [2.45, 2.75) is 31.0 Å². The number of hydrogen-bond donors (Lipinski definition) is 3. The first kappa shape index (κ1) is 40.7. The van der Waals surface area contributed by atoms with Gasteiger partial charge in [0, 0.05) is 99.7 Å². The number of nitrogens with one attached hydrogen (secondary N) is 1. The molecule has 1 unspecified atom stereocenters. The van der Waals surface area contributed by atoms with Gasteiger partial charge in [0.05, 0.1) is 37.0 Å². The number of hydrogen-bond acceptors (Lipinski definition) is 12. The number of aliphatic imine (C=N–C) groups is 1. The number of fused-ring (bicyclic) bond motifs is 4. The highest BCUT2D eigenvalue weighted by Gasteiger charge is 2.39. The van der Waals surface area contributed by atoms with E-state index in [2.05, 4.69) is 60.4 Å². The predicted molar refractivity (Wildman–Crippen MR) is 248 cm³/mol. The van der Waals surface area contributed by atoms with Gasteiger partial charge < -0.3 is 35.4 Å². The van der Waals surface area contributed by atoms with Gasteiger partial charge in [0.25, 0.3) is 0 Å². The maximum Gasteiger partial charge on any atom is 0.147 e. The summed E-state index contributed by atoms with van der Waals surface area (Å²) in [6.07, 6.45) is 10.4. The molecule has 0 spiro atoms. The molecule has 12 nitrogen and oxygen atoms in total. The van der Waals surface area contributed by atoms with Crippen LogP contribution in [0.5, 0.6) is 0 Å². The summed E-state index contributed by atoms with van der Waals surface area (Å²) in [5.74, 6) is 1.06. The largest absolute Gasteiger partial charge is 0.380 e. The van der Waals surface area contributed by atoms with Gasteiger partial charge in [-0.2, -0.15) is 0 Å². The molecule has 4 aromatic carbocycles. The number of pyridine rings is 2. The number of nitrogens with zero attached hydrogens (tertiary/aromatic N) is 7. The van der Waals surface area contributed by atoms with Crippen LogP contribution in [0.25, 0.3) is 33.2 Å². The van der Waals surface area contributed by atoms with Crippen LogP contribution < -0.4 is 20.9 Å². The second-order valence-electron chi connectivity index (χ2n) is 16.6. The summed E-state index contributed by atoms with van der Waals surface area (Å²) in [5.41, 5.74) is 17.3. The molecule has 1 atom stereocenters. The highest BCUT2D eigenvalue weighted by Crippen LogP contribution is 2.46. The van der Waals surface area contributed by atoms with E-state index < -0.39 is 17.6 Å². The van der Waals surface area contributed by atoms with Crippen molar-refractivity contribution in [1.82, 2.24) is 19.9 Å². The Morgan fingerprint density at radius 1 is 0.844 bits per heavy atom. The summed E-state index contributed by atoms with van der Waals surface area (Å²) in [6, 6.07) is 23.7. The molecule has 15 heteroatoms. The van der Waals surface area contributed by atoms with E-state index in [0.717, 1.165) is 103 Å². The Kier molecular flexibility index (Phi) is 10.5. The monoisotopic (exact) mass is 893 g/mol. The van der Waals surface area contributed by atoms with Crippen molar-refractivity contribution in [3.8, 4) is 22.3 Å². The zero-order valence-electron chi connectivity index (χ0n) is 34.6. The maximum atomic E-state index is 14.8. The lowest BCUT2D eigenvalue weighted by atomic mass is 9.91. The summed E-state index contributed by atoms with van der Waals surface area (Å²) in [7, 11) is 0. The quantitative estimate of drug-likeness (QED) is 0.114. The van der Waals surface area contributed by atoms with E-state index >= 15 is 0 Å². The Hall–Kier alpha value is -6.06. The van der Waals surface area contributed by atoms with Crippen molar-refractivity contribution in [1.29, 1.82) is 0 Å². The van der Waals surface area contributed by atoms with Crippen molar-refractivity contribution in [3.05, 3.63) is 153 Å². The lowest BCUT2D eigenvalue weighted by Crippen LogP contribution is -2.46. The summed E-state index contributed by atoms with van der Waals surface area (Å²) in [6.45, 7) is 3.30. The number of benzene rings is 4. The van der Waals surface area contributed by atoms with Crippen LogP contribution in [0.3, 0.4) is 0 Å². The Balaban J connectivity index is 0.972. The zero-order valence-corrected chi connectivity index (χ0v) is 36.1. The van der Waals surface area contributed by atoms with Crippen LogP contribution >= 0.6 is 23.2 Å². The standard InChI is InChI=1S/C49H42Cl2FN9O3/c50-35-18-37(36-6-10-61(45(36)19-35)47-38-15-29(1-3-42(38)56-27-57-47)32-13-28(21-54-22-32)7-11-63-12-8-53)46-58-43-4-2-30(33-14-34(24-55-23-33)49(62)25-64-26-49)16-39(43)48(59-46)60-9-5-31-17-41(52)40(51)20-44(31)60/h1-4,13-24,27,46,58,62H,5-12,25-26,53H2. The van der Waals surface area contributed by atoms with Gasteiger partial charge in [-0.15, -0.1) is 0 Å². The minimum absolute atomic E-state index is 0.0537. The summed E-state index contributed by atoms with van der Waals surface area (Å²) < 4.78 is 25.7. The Morgan fingerprint density at radius 3 is 2.50 bits per heavy atom. The molecule has 0 bridgehead atoms. The molecule has 11 rings (SSSR count). The summed E-state index contributed by atoms with van der Waals surface area (Å²) >= 11 is 13.5. The molecule has 0 amide bonds. The second kappa shape index (κ2) is 16.5. The summed E-state index contributed by atoms with van der Waals surface area (Å²) in [5, 5.41) is 16.3. The molecule has 7 heterocycles. The fourth-order valence-electron chi connectivity index (χ4n) is 9.24. The van der Waals surface area contributed by atoms with Crippen LogP contribution in [-0.4, -0.2) is 76.9 Å². The molecule has 64 heavy (non-hydrogen) atoms. The van der Waals surface area contributed by atoms with Gasteiger partial charge in [-0.25, -0.2) is 19.4 Å². The number of nitrogens with two attached hydrogens (primary N) is 1. The van der Waals surface area contributed by atoms with Crippen molar-refractivity contribution < 1.29 is 19.0 Å². The van der Waals surface area contributed by atoms with Crippen molar-refractivity contribution >= 4 is 62.8 Å². The SMILES string of the molecule is NCCOCCc1cncc(-c2ccc3ncnc(N4CCc5c(C6N=C(N7CCc8cc(F)c(Cl)cc87)c7cc(-c8cncc(C9(O)COC9)c8)ccc7N6)cc(Cl)cc54)c3c2)c1. The molecule has 4 aliphatic heterocycles. The minimum Gasteiger partial charge on any atom is -0.380 e. The van der Waals surface area contributed by atoms with E-state index in [4.69, 9.17) is 48.4 Å². The summed E-state index contributed by atoms with van der Waals surface area (Å²) in [4.78, 5) is 28.4. The number of halogens is 3. The third-order valence-electron chi connectivity index (χ3n) is 12.6.